The molecule has 1 aromatic heterocycles. The molecule has 1 amide bonds. The van der Waals surface area contributed by atoms with E-state index in [2.05, 4.69) is 4.98 Å². The van der Waals surface area contributed by atoms with Gasteiger partial charge in [-0.1, -0.05) is 60.7 Å². The number of aromatic nitrogens is 2. The Bertz CT molecular complexity index is 894. The van der Waals surface area contributed by atoms with Crippen LogP contribution in [0.15, 0.2) is 73.2 Å². The molecule has 0 aliphatic carbocycles. The van der Waals surface area contributed by atoms with Gasteiger partial charge in [0, 0.05) is 13.1 Å². The molecule has 0 saturated heterocycles. The first-order chi connectivity index (χ1) is 13.1. The van der Waals surface area contributed by atoms with E-state index in [1.54, 1.807) is 4.90 Å². The van der Waals surface area contributed by atoms with E-state index in [9.17, 15) is 14.9 Å². The van der Waals surface area contributed by atoms with Crippen LogP contribution in [0.3, 0.4) is 0 Å². The molecule has 138 valence electrons. The van der Waals surface area contributed by atoms with Crippen molar-refractivity contribution in [1.82, 2.24) is 14.5 Å². The predicted octanol–water partition coefficient (Wildman–Crippen LogP) is 3.06. The third-order valence-electron chi connectivity index (χ3n) is 4.21. The Labute approximate surface area is 157 Å². The molecule has 7 nitrogen and oxygen atoms in total. The Kier molecular flexibility index (Phi) is 5.94. The zero-order valence-electron chi connectivity index (χ0n) is 14.8. The fourth-order valence-corrected chi connectivity index (χ4v) is 2.79. The van der Waals surface area contributed by atoms with Gasteiger partial charge in [-0.25, -0.2) is 0 Å². The smallest absolute Gasteiger partial charge is 0.358 e. The quantitative estimate of drug-likeness (QED) is 0.454. The molecule has 0 N–H and O–H groups in total. The highest BCUT2D eigenvalue weighted by Crippen LogP contribution is 2.10. The molecule has 2 aromatic carbocycles. The van der Waals surface area contributed by atoms with Crippen LogP contribution in [-0.2, 0) is 24.3 Å². The van der Waals surface area contributed by atoms with E-state index in [0.717, 1.165) is 17.5 Å². The molecule has 0 atom stereocenters. The summed E-state index contributed by atoms with van der Waals surface area (Å²) in [6.45, 7) is 1.07. The van der Waals surface area contributed by atoms with Crippen molar-refractivity contribution < 1.29 is 9.72 Å². The summed E-state index contributed by atoms with van der Waals surface area (Å²) in [6, 6.07) is 19.7. The average Bonchev–Trinajstić information content (AvgIpc) is 3.15. The number of hydrogen-bond donors (Lipinski definition) is 0. The first-order valence-electron chi connectivity index (χ1n) is 8.63. The van der Waals surface area contributed by atoms with Crippen molar-refractivity contribution in [3.8, 4) is 0 Å². The fourth-order valence-electron chi connectivity index (χ4n) is 2.79. The molecule has 0 radical (unpaired) electrons. The van der Waals surface area contributed by atoms with E-state index in [1.165, 1.54) is 17.1 Å². The third kappa shape index (κ3) is 5.24. The molecule has 0 unspecified atom stereocenters. The van der Waals surface area contributed by atoms with E-state index in [1.807, 2.05) is 60.7 Å². The summed E-state index contributed by atoms with van der Waals surface area (Å²) in [5, 5.41) is 10.8. The second-order valence-electron chi connectivity index (χ2n) is 6.20. The molecule has 0 aliphatic rings. The van der Waals surface area contributed by atoms with Crippen LogP contribution in [0.5, 0.6) is 0 Å². The van der Waals surface area contributed by atoms with Gasteiger partial charge in [-0.3, -0.25) is 4.79 Å². The zero-order valence-corrected chi connectivity index (χ0v) is 14.8. The van der Waals surface area contributed by atoms with Crippen molar-refractivity contribution >= 4 is 11.7 Å². The minimum Gasteiger partial charge on any atom is -0.358 e. The molecule has 0 spiro atoms. The maximum atomic E-state index is 12.8. The standard InChI is InChI=1S/C20H20N4O3/c25-20(15-22-14-19(21-16-22)24(26)27)23(13-18-9-5-2-6-10-18)12-11-17-7-3-1-4-8-17/h1-10,14,16H,11-13,15H2. The van der Waals surface area contributed by atoms with Crippen molar-refractivity contribution in [3.63, 3.8) is 0 Å². The molecular formula is C20H20N4O3. The lowest BCUT2D eigenvalue weighted by atomic mass is 10.1. The maximum Gasteiger partial charge on any atom is 0.381 e. The van der Waals surface area contributed by atoms with Gasteiger partial charge in [-0.2, -0.15) is 0 Å². The lowest BCUT2D eigenvalue weighted by molar-refractivity contribution is -0.389. The summed E-state index contributed by atoms with van der Waals surface area (Å²) >= 11 is 0. The number of hydrogen-bond acceptors (Lipinski definition) is 4. The van der Waals surface area contributed by atoms with E-state index < -0.39 is 4.92 Å². The number of carbonyl (C=O) groups is 1. The summed E-state index contributed by atoms with van der Waals surface area (Å²) in [7, 11) is 0. The first kappa shape index (κ1) is 18.3. The number of amides is 1. The minimum atomic E-state index is -0.571. The van der Waals surface area contributed by atoms with Gasteiger partial charge in [0.1, 0.15) is 12.7 Å². The normalized spacial score (nSPS) is 10.5. The van der Waals surface area contributed by atoms with Gasteiger partial charge in [0.05, 0.1) is 0 Å². The summed E-state index contributed by atoms with van der Waals surface area (Å²) < 4.78 is 1.45. The Hall–Kier alpha value is -3.48. The largest absolute Gasteiger partial charge is 0.381 e. The van der Waals surface area contributed by atoms with Crippen molar-refractivity contribution in [3.05, 3.63) is 94.4 Å². The lowest BCUT2D eigenvalue weighted by Gasteiger charge is -2.23. The predicted molar refractivity (Wildman–Crippen MR) is 101 cm³/mol. The van der Waals surface area contributed by atoms with Crippen LogP contribution in [0.4, 0.5) is 5.82 Å². The van der Waals surface area contributed by atoms with Gasteiger partial charge in [0.25, 0.3) is 0 Å². The minimum absolute atomic E-state index is 0.0163. The van der Waals surface area contributed by atoms with Gasteiger partial charge >= 0.3 is 5.82 Å². The molecule has 0 bridgehead atoms. The summed E-state index contributed by atoms with van der Waals surface area (Å²) in [5.41, 5.74) is 2.19. The third-order valence-corrected chi connectivity index (χ3v) is 4.21. The van der Waals surface area contributed by atoms with E-state index in [-0.39, 0.29) is 18.3 Å². The van der Waals surface area contributed by atoms with Crippen molar-refractivity contribution in [2.24, 2.45) is 0 Å². The second-order valence-corrected chi connectivity index (χ2v) is 6.20. The highest BCUT2D eigenvalue weighted by molar-refractivity contribution is 5.76. The molecule has 27 heavy (non-hydrogen) atoms. The molecule has 7 heteroatoms. The Morgan fingerprint density at radius 1 is 1.04 bits per heavy atom. The van der Waals surface area contributed by atoms with Gasteiger partial charge < -0.3 is 19.6 Å². The maximum absolute atomic E-state index is 12.8. The number of rotatable bonds is 8. The van der Waals surface area contributed by atoms with E-state index in [4.69, 9.17) is 0 Å². The Morgan fingerprint density at radius 3 is 2.26 bits per heavy atom. The fraction of sp³-hybridized carbons (Fsp3) is 0.200. The topological polar surface area (TPSA) is 81.3 Å². The Balaban J connectivity index is 1.70. The summed E-state index contributed by atoms with van der Waals surface area (Å²) in [6.07, 6.45) is 3.33. The van der Waals surface area contributed by atoms with E-state index >= 15 is 0 Å². The summed E-state index contributed by atoms with van der Waals surface area (Å²) in [4.78, 5) is 28.5. The monoisotopic (exact) mass is 364 g/mol. The second kappa shape index (κ2) is 8.75. The summed E-state index contributed by atoms with van der Waals surface area (Å²) in [5.74, 6) is -0.372. The number of imidazole rings is 1. The molecule has 0 fully saturated rings. The van der Waals surface area contributed by atoms with E-state index in [0.29, 0.717) is 13.1 Å². The molecule has 0 saturated carbocycles. The highest BCUT2D eigenvalue weighted by atomic mass is 16.6. The number of carbonyl (C=O) groups excluding carboxylic acids is 1. The van der Waals surface area contributed by atoms with Gasteiger partial charge in [0.15, 0.2) is 0 Å². The lowest BCUT2D eigenvalue weighted by Crippen LogP contribution is -2.34. The zero-order chi connectivity index (χ0) is 19.1. The van der Waals surface area contributed by atoms with Crippen molar-refractivity contribution in [1.29, 1.82) is 0 Å². The molecule has 3 aromatic rings. The Morgan fingerprint density at radius 2 is 1.67 bits per heavy atom. The van der Waals surface area contributed by atoms with Crippen molar-refractivity contribution in [2.75, 3.05) is 6.54 Å². The van der Waals surface area contributed by atoms with Gasteiger partial charge in [-0.15, -0.1) is 0 Å². The molecule has 3 rings (SSSR count). The highest BCUT2D eigenvalue weighted by Gasteiger charge is 2.17. The van der Waals surface area contributed by atoms with Crippen molar-refractivity contribution in [2.45, 2.75) is 19.5 Å². The van der Waals surface area contributed by atoms with Crippen LogP contribution in [-0.4, -0.2) is 31.8 Å². The van der Waals surface area contributed by atoms with Crippen LogP contribution in [0.25, 0.3) is 0 Å². The number of nitro groups is 1. The first-order valence-corrected chi connectivity index (χ1v) is 8.63. The van der Waals surface area contributed by atoms with Crippen LogP contribution in [0.1, 0.15) is 11.1 Å². The SMILES string of the molecule is O=C(Cn1cnc([N+](=O)[O-])c1)N(CCc1ccccc1)Cc1ccccc1. The molecular weight excluding hydrogens is 344 g/mol. The molecule has 1 heterocycles. The van der Waals surface area contributed by atoms with Gasteiger partial charge in [-0.05, 0) is 27.5 Å². The number of nitrogens with zero attached hydrogens (tertiary/aromatic N) is 4. The van der Waals surface area contributed by atoms with Crippen LogP contribution in [0, 0.1) is 10.1 Å². The van der Waals surface area contributed by atoms with Crippen LogP contribution < -0.4 is 0 Å². The average molecular weight is 364 g/mol. The van der Waals surface area contributed by atoms with Crippen LogP contribution >= 0.6 is 0 Å². The van der Waals surface area contributed by atoms with Crippen LogP contribution in [0.2, 0.25) is 0 Å². The number of benzene rings is 2. The van der Waals surface area contributed by atoms with Gasteiger partial charge in [0.2, 0.25) is 12.2 Å². The molecule has 0 aliphatic heterocycles.